The molecule has 0 saturated heterocycles. The third kappa shape index (κ3) is 4.33. The molecule has 7 nitrogen and oxygen atoms in total. The van der Waals surface area contributed by atoms with Gasteiger partial charge in [0.15, 0.2) is 0 Å². The Morgan fingerprint density at radius 2 is 1.63 bits per heavy atom. The van der Waals surface area contributed by atoms with E-state index >= 15 is 0 Å². The van der Waals surface area contributed by atoms with Gasteiger partial charge in [-0.3, -0.25) is 20.2 Å². The van der Waals surface area contributed by atoms with Gasteiger partial charge in [0, 0.05) is 33.3 Å². The van der Waals surface area contributed by atoms with Crippen LogP contribution in [-0.2, 0) is 0 Å². The Morgan fingerprint density at radius 3 is 2.34 bits per heavy atom. The molecule has 1 heterocycles. The number of alkyl halides is 1. The number of halogens is 3. The van der Waals surface area contributed by atoms with Crippen molar-refractivity contribution in [1.82, 2.24) is 0 Å². The maximum atomic E-state index is 11.8. The van der Waals surface area contributed by atoms with Crippen molar-refractivity contribution in [3.05, 3.63) is 102 Å². The van der Waals surface area contributed by atoms with Gasteiger partial charge in [0.05, 0.1) is 26.2 Å². The highest BCUT2D eigenvalue weighted by molar-refractivity contribution is 8.00. The average molecular weight is 551 g/mol. The van der Waals surface area contributed by atoms with Crippen molar-refractivity contribution >= 4 is 63.6 Å². The molecule has 5 rings (SSSR count). The van der Waals surface area contributed by atoms with Crippen molar-refractivity contribution in [1.29, 1.82) is 0 Å². The lowest BCUT2D eigenvalue weighted by molar-refractivity contribution is -0.387. The number of nitro benzene ring substituents is 2. The summed E-state index contributed by atoms with van der Waals surface area (Å²) in [7, 11) is 0. The number of para-hydroxylation sites is 2. The minimum Gasteiger partial charge on any atom is -0.372 e. The van der Waals surface area contributed by atoms with E-state index in [0.717, 1.165) is 11.1 Å². The largest absolute Gasteiger partial charge is 0.372 e. The van der Waals surface area contributed by atoms with Crippen molar-refractivity contribution in [2.45, 2.75) is 33.9 Å². The Morgan fingerprint density at radius 1 is 0.914 bits per heavy atom. The summed E-state index contributed by atoms with van der Waals surface area (Å²) >= 11 is 21.1. The first kappa shape index (κ1) is 24.2. The van der Waals surface area contributed by atoms with Crippen molar-refractivity contribution in [2.75, 3.05) is 5.32 Å². The number of benzene rings is 3. The van der Waals surface area contributed by atoms with E-state index in [0.29, 0.717) is 27.0 Å². The lowest BCUT2D eigenvalue weighted by Crippen LogP contribution is -2.31. The molecular formula is C24H18Cl3N3O4S. The molecule has 1 aliphatic heterocycles. The second kappa shape index (κ2) is 9.50. The average Bonchev–Trinajstić information content (AvgIpc) is 3.14. The summed E-state index contributed by atoms with van der Waals surface area (Å²) < 4.78 is 0. The molecule has 5 unspecified atom stereocenters. The molecule has 2 aliphatic rings. The maximum absolute atomic E-state index is 11.8. The lowest BCUT2D eigenvalue weighted by Gasteiger charge is -2.38. The highest BCUT2D eigenvalue weighted by atomic mass is 35.5. The molecule has 11 heteroatoms. The molecule has 0 amide bonds. The van der Waals surface area contributed by atoms with E-state index in [-0.39, 0.29) is 34.5 Å². The second-order valence-corrected chi connectivity index (χ2v) is 11.2. The SMILES string of the molecule is O=[N+]([O-])c1ccccc1SC1CC2C(c3ccc(Cl)cc3Cl)Nc3c(cccc3[N+](=O)[O-])C2C1Cl. The van der Waals surface area contributed by atoms with Crippen molar-refractivity contribution in [3.8, 4) is 0 Å². The van der Waals surface area contributed by atoms with Gasteiger partial charge in [-0.2, -0.15) is 0 Å². The monoisotopic (exact) mass is 549 g/mol. The summed E-state index contributed by atoms with van der Waals surface area (Å²) in [6.45, 7) is 0. The molecule has 0 spiro atoms. The number of rotatable bonds is 5. The third-order valence-electron chi connectivity index (χ3n) is 6.66. The second-order valence-electron chi connectivity index (χ2n) is 8.54. The van der Waals surface area contributed by atoms with Crippen LogP contribution in [0, 0.1) is 26.1 Å². The van der Waals surface area contributed by atoms with E-state index in [2.05, 4.69) is 5.32 Å². The van der Waals surface area contributed by atoms with Crippen LogP contribution in [0.5, 0.6) is 0 Å². The van der Waals surface area contributed by atoms with Crippen LogP contribution in [0.25, 0.3) is 0 Å². The molecule has 1 saturated carbocycles. The first-order chi connectivity index (χ1) is 16.8. The fourth-order valence-electron chi connectivity index (χ4n) is 5.21. The molecule has 1 N–H and O–H groups in total. The molecule has 1 aliphatic carbocycles. The van der Waals surface area contributed by atoms with Crippen molar-refractivity contribution in [2.24, 2.45) is 5.92 Å². The number of nitrogens with one attached hydrogen (secondary N) is 1. The Bertz CT molecular complexity index is 1340. The van der Waals surface area contributed by atoms with Gasteiger partial charge in [-0.25, -0.2) is 0 Å². The highest BCUT2D eigenvalue weighted by Gasteiger charge is 2.51. The normalized spacial score (nSPS) is 24.8. The maximum Gasteiger partial charge on any atom is 0.292 e. The predicted octanol–water partition coefficient (Wildman–Crippen LogP) is 7.85. The van der Waals surface area contributed by atoms with Gasteiger partial charge in [0.1, 0.15) is 5.69 Å². The van der Waals surface area contributed by atoms with Crippen LogP contribution in [0.4, 0.5) is 17.1 Å². The van der Waals surface area contributed by atoms with Gasteiger partial charge in [-0.05, 0) is 41.7 Å². The smallest absolute Gasteiger partial charge is 0.292 e. The van der Waals surface area contributed by atoms with Gasteiger partial charge in [0.25, 0.3) is 11.4 Å². The van der Waals surface area contributed by atoms with E-state index in [1.54, 1.807) is 36.4 Å². The summed E-state index contributed by atoms with van der Waals surface area (Å²) in [5.41, 5.74) is 1.97. The summed E-state index contributed by atoms with van der Waals surface area (Å²) in [4.78, 5) is 23.1. The van der Waals surface area contributed by atoms with Crippen molar-refractivity contribution in [3.63, 3.8) is 0 Å². The molecule has 1 fully saturated rings. The fourth-order valence-corrected chi connectivity index (χ4v) is 7.68. The predicted molar refractivity (Wildman–Crippen MR) is 139 cm³/mol. The molecule has 180 valence electrons. The Balaban J connectivity index is 1.60. The Hall–Kier alpha value is -2.52. The fraction of sp³-hybridized carbons (Fsp3) is 0.250. The minimum absolute atomic E-state index is 0.0303. The molecule has 3 aromatic rings. The highest BCUT2D eigenvalue weighted by Crippen LogP contribution is 2.59. The van der Waals surface area contributed by atoms with Gasteiger partial charge < -0.3 is 5.32 Å². The molecule has 3 aromatic carbocycles. The first-order valence-electron chi connectivity index (χ1n) is 10.8. The number of hydrogen-bond donors (Lipinski definition) is 1. The van der Waals surface area contributed by atoms with Crippen LogP contribution >= 0.6 is 46.6 Å². The van der Waals surface area contributed by atoms with Gasteiger partial charge in [-0.15, -0.1) is 23.4 Å². The summed E-state index contributed by atoms with van der Waals surface area (Å²) in [5.74, 6) is -0.268. The molecule has 0 bridgehead atoms. The van der Waals surface area contributed by atoms with Crippen LogP contribution in [-0.4, -0.2) is 20.5 Å². The first-order valence-corrected chi connectivity index (χ1v) is 12.9. The molecular weight excluding hydrogens is 533 g/mol. The van der Waals surface area contributed by atoms with Crippen LogP contribution in [0.2, 0.25) is 10.0 Å². The van der Waals surface area contributed by atoms with Crippen LogP contribution < -0.4 is 5.32 Å². The van der Waals surface area contributed by atoms with Gasteiger partial charge in [-0.1, -0.05) is 53.5 Å². The zero-order valence-electron chi connectivity index (χ0n) is 17.9. The van der Waals surface area contributed by atoms with Crippen molar-refractivity contribution < 1.29 is 9.85 Å². The zero-order chi connectivity index (χ0) is 24.9. The van der Waals surface area contributed by atoms with E-state index in [1.165, 1.54) is 23.9 Å². The number of nitro groups is 2. The van der Waals surface area contributed by atoms with Crippen LogP contribution in [0.15, 0.2) is 65.6 Å². The van der Waals surface area contributed by atoms with Gasteiger partial charge >= 0.3 is 0 Å². The summed E-state index contributed by atoms with van der Waals surface area (Å²) in [5, 5.41) is 27.1. The lowest BCUT2D eigenvalue weighted by atomic mass is 9.77. The number of thioether (sulfide) groups is 1. The number of fused-ring (bicyclic) bond motifs is 3. The zero-order valence-corrected chi connectivity index (χ0v) is 21.0. The summed E-state index contributed by atoms with van der Waals surface area (Å²) in [6, 6.07) is 16.4. The van der Waals surface area contributed by atoms with E-state index in [1.807, 2.05) is 12.1 Å². The van der Waals surface area contributed by atoms with Crippen LogP contribution in [0.1, 0.15) is 29.5 Å². The van der Waals surface area contributed by atoms with E-state index in [4.69, 9.17) is 34.8 Å². The standard InChI is InChI=1S/C24H18Cl3N3O4S/c25-12-8-9-13(16(26)10-12)23-15-11-20(35-19-7-2-1-5-17(19)29(31)32)22(27)21(15)14-4-3-6-18(30(33)34)24(14)28-23/h1-10,15,20-23,28H,11H2. The Labute approximate surface area is 220 Å². The van der Waals surface area contributed by atoms with Crippen LogP contribution in [0.3, 0.4) is 0 Å². The molecule has 0 radical (unpaired) electrons. The van der Waals surface area contributed by atoms with E-state index in [9.17, 15) is 20.2 Å². The topological polar surface area (TPSA) is 98.3 Å². The quantitative estimate of drug-likeness (QED) is 0.197. The summed E-state index contributed by atoms with van der Waals surface area (Å²) in [6.07, 6.45) is 0.633. The van der Waals surface area contributed by atoms with E-state index < -0.39 is 15.2 Å². The molecule has 5 atom stereocenters. The number of anilines is 1. The Kier molecular flexibility index (Phi) is 6.57. The third-order valence-corrected chi connectivity index (χ3v) is 9.34. The number of nitrogens with zero attached hydrogens (tertiary/aromatic N) is 2. The number of hydrogen-bond acceptors (Lipinski definition) is 6. The molecule has 0 aromatic heterocycles. The molecule has 35 heavy (non-hydrogen) atoms. The minimum atomic E-state index is -0.416. The van der Waals surface area contributed by atoms with Gasteiger partial charge in [0.2, 0.25) is 0 Å².